The maximum Gasteiger partial charge on any atom is 0.325 e. The molecular formula is C16H18ClN5O3. The van der Waals surface area contributed by atoms with Gasteiger partial charge in [-0.2, -0.15) is 0 Å². The van der Waals surface area contributed by atoms with Crippen molar-refractivity contribution in [2.45, 2.75) is 25.8 Å². The summed E-state index contributed by atoms with van der Waals surface area (Å²) in [6, 6.07) is 4.80. The molecule has 25 heavy (non-hydrogen) atoms. The van der Waals surface area contributed by atoms with Crippen LogP contribution in [0.4, 0.5) is 4.79 Å². The predicted octanol–water partition coefficient (Wildman–Crippen LogP) is 1.21. The number of hydrogen-bond acceptors (Lipinski definition) is 4. The molecule has 1 aliphatic rings. The zero-order chi connectivity index (χ0) is 18.2. The number of urea groups is 1. The Balaban J connectivity index is 1.52. The third kappa shape index (κ3) is 3.58. The maximum atomic E-state index is 12.0. The number of imidazole rings is 1. The number of carbonyl (C=O) groups excluding carboxylic acids is 3. The van der Waals surface area contributed by atoms with Gasteiger partial charge < -0.3 is 15.6 Å². The van der Waals surface area contributed by atoms with E-state index in [0.29, 0.717) is 23.8 Å². The minimum atomic E-state index is -0.979. The van der Waals surface area contributed by atoms with Crippen molar-refractivity contribution in [1.29, 1.82) is 0 Å². The Kier molecular flexibility index (Phi) is 4.38. The van der Waals surface area contributed by atoms with Gasteiger partial charge in [-0.05, 0) is 32.0 Å². The molecule has 4 amide bonds. The fraction of sp³-hybridized carbons (Fsp3) is 0.375. The van der Waals surface area contributed by atoms with E-state index in [9.17, 15) is 14.4 Å². The first-order valence-corrected chi connectivity index (χ1v) is 8.19. The van der Waals surface area contributed by atoms with Crippen LogP contribution < -0.4 is 10.6 Å². The number of fused-ring (bicyclic) bond motifs is 1. The topological polar surface area (TPSA) is 107 Å². The Labute approximate surface area is 148 Å². The molecule has 0 spiro atoms. The van der Waals surface area contributed by atoms with Gasteiger partial charge in [0.25, 0.3) is 5.91 Å². The van der Waals surface area contributed by atoms with Crippen molar-refractivity contribution in [2.75, 3.05) is 13.1 Å². The van der Waals surface area contributed by atoms with Crippen LogP contribution in [0.3, 0.4) is 0 Å². The Morgan fingerprint density at radius 3 is 2.80 bits per heavy atom. The van der Waals surface area contributed by atoms with Gasteiger partial charge >= 0.3 is 6.03 Å². The largest absolute Gasteiger partial charge is 0.354 e. The maximum absolute atomic E-state index is 12.0. The van der Waals surface area contributed by atoms with Crippen LogP contribution in [0, 0.1) is 0 Å². The molecule has 3 N–H and O–H groups in total. The summed E-state index contributed by atoms with van der Waals surface area (Å²) < 4.78 is 0. The number of aromatic nitrogens is 2. The number of H-pyrrole nitrogens is 1. The van der Waals surface area contributed by atoms with Crippen molar-refractivity contribution < 1.29 is 14.4 Å². The Morgan fingerprint density at radius 1 is 1.36 bits per heavy atom. The lowest BCUT2D eigenvalue weighted by Crippen LogP contribution is -2.43. The molecule has 1 aromatic heterocycles. The highest BCUT2D eigenvalue weighted by molar-refractivity contribution is 6.31. The number of rotatable bonds is 5. The second-order valence-corrected chi connectivity index (χ2v) is 6.83. The molecule has 2 heterocycles. The second kappa shape index (κ2) is 6.36. The Hall–Kier alpha value is -2.61. The van der Waals surface area contributed by atoms with Crippen LogP contribution in [0.2, 0.25) is 5.02 Å². The average molecular weight is 364 g/mol. The van der Waals surface area contributed by atoms with Crippen LogP contribution in [0.15, 0.2) is 18.2 Å². The summed E-state index contributed by atoms with van der Waals surface area (Å²) in [4.78, 5) is 44.2. The highest BCUT2D eigenvalue weighted by Gasteiger charge is 2.44. The fourth-order valence-corrected chi connectivity index (χ4v) is 2.81. The number of halogens is 1. The van der Waals surface area contributed by atoms with Crippen LogP contribution in [-0.2, 0) is 16.0 Å². The monoisotopic (exact) mass is 363 g/mol. The molecule has 0 aliphatic carbocycles. The zero-order valence-corrected chi connectivity index (χ0v) is 14.6. The molecule has 9 heteroatoms. The molecular weight excluding hydrogens is 346 g/mol. The fourth-order valence-electron chi connectivity index (χ4n) is 2.63. The molecule has 132 valence electrons. The molecule has 0 bridgehead atoms. The lowest BCUT2D eigenvalue weighted by molar-refractivity contribution is -0.134. The van der Waals surface area contributed by atoms with Gasteiger partial charge in [0.2, 0.25) is 5.91 Å². The number of nitrogens with zero attached hydrogens (tertiary/aromatic N) is 2. The van der Waals surface area contributed by atoms with E-state index in [2.05, 4.69) is 20.6 Å². The Morgan fingerprint density at radius 2 is 2.12 bits per heavy atom. The number of amides is 4. The molecule has 0 saturated carbocycles. The summed E-state index contributed by atoms with van der Waals surface area (Å²) in [6.07, 6.45) is 0.490. The van der Waals surface area contributed by atoms with Gasteiger partial charge in [-0.15, -0.1) is 0 Å². The smallest absolute Gasteiger partial charge is 0.325 e. The molecule has 0 atom stereocenters. The van der Waals surface area contributed by atoms with Gasteiger partial charge in [-0.1, -0.05) is 11.6 Å². The number of imide groups is 1. The summed E-state index contributed by atoms with van der Waals surface area (Å²) in [5.41, 5.74) is 0.648. The summed E-state index contributed by atoms with van der Waals surface area (Å²) >= 11 is 5.93. The van der Waals surface area contributed by atoms with E-state index in [0.717, 1.165) is 15.9 Å². The van der Waals surface area contributed by atoms with E-state index in [1.165, 1.54) is 0 Å². The van der Waals surface area contributed by atoms with E-state index in [4.69, 9.17) is 11.6 Å². The van der Waals surface area contributed by atoms with Gasteiger partial charge in [0, 0.05) is 18.0 Å². The standard InChI is InChI=1S/C16H18ClN5O3/c1-16(2)14(24)22(15(25)21-16)8-13(23)18-6-5-12-19-10-4-3-9(17)7-11(10)20-12/h3-4,7H,5-6,8H2,1-2H3,(H,18,23)(H,19,20)(H,21,25). The van der Waals surface area contributed by atoms with Crippen molar-refractivity contribution >= 4 is 40.5 Å². The first-order valence-electron chi connectivity index (χ1n) is 7.81. The Bertz CT molecular complexity index is 861. The summed E-state index contributed by atoms with van der Waals surface area (Å²) in [6.45, 7) is 3.22. The van der Waals surface area contributed by atoms with E-state index in [-0.39, 0.29) is 6.54 Å². The van der Waals surface area contributed by atoms with Gasteiger partial charge in [0.1, 0.15) is 17.9 Å². The van der Waals surface area contributed by atoms with Crippen LogP contribution in [0.5, 0.6) is 0 Å². The van der Waals surface area contributed by atoms with Crippen LogP contribution in [0.1, 0.15) is 19.7 Å². The van der Waals surface area contributed by atoms with E-state index in [1.807, 2.05) is 6.07 Å². The minimum Gasteiger partial charge on any atom is -0.354 e. The third-order valence-electron chi connectivity index (χ3n) is 3.92. The first-order chi connectivity index (χ1) is 11.8. The van der Waals surface area contributed by atoms with Crippen LogP contribution in [-0.4, -0.2) is 51.3 Å². The zero-order valence-electron chi connectivity index (χ0n) is 13.9. The highest BCUT2D eigenvalue weighted by atomic mass is 35.5. The van der Waals surface area contributed by atoms with Crippen molar-refractivity contribution in [3.8, 4) is 0 Å². The van der Waals surface area contributed by atoms with Gasteiger partial charge in [0.15, 0.2) is 0 Å². The van der Waals surface area contributed by atoms with Gasteiger partial charge in [-0.3, -0.25) is 14.5 Å². The summed E-state index contributed by atoms with van der Waals surface area (Å²) in [5.74, 6) is -0.101. The molecule has 0 radical (unpaired) electrons. The molecule has 3 rings (SSSR count). The van der Waals surface area contributed by atoms with E-state index in [1.54, 1.807) is 26.0 Å². The predicted molar refractivity (Wildman–Crippen MR) is 92.1 cm³/mol. The summed E-state index contributed by atoms with van der Waals surface area (Å²) in [5, 5.41) is 5.83. The first kappa shape index (κ1) is 17.2. The van der Waals surface area contributed by atoms with E-state index >= 15 is 0 Å². The quantitative estimate of drug-likeness (QED) is 0.694. The number of aromatic amines is 1. The highest BCUT2D eigenvalue weighted by Crippen LogP contribution is 2.17. The van der Waals surface area contributed by atoms with Crippen molar-refractivity contribution in [1.82, 2.24) is 25.5 Å². The van der Waals surface area contributed by atoms with Crippen LogP contribution in [0.25, 0.3) is 11.0 Å². The average Bonchev–Trinajstić information content (AvgIpc) is 3.00. The normalized spacial score (nSPS) is 16.4. The molecule has 0 unspecified atom stereocenters. The van der Waals surface area contributed by atoms with E-state index < -0.39 is 23.4 Å². The lowest BCUT2D eigenvalue weighted by Gasteiger charge is -2.15. The molecule has 1 fully saturated rings. The number of benzene rings is 1. The van der Waals surface area contributed by atoms with Crippen molar-refractivity contribution in [2.24, 2.45) is 0 Å². The summed E-state index contributed by atoms with van der Waals surface area (Å²) in [7, 11) is 0. The van der Waals surface area contributed by atoms with Crippen molar-refractivity contribution in [3.05, 3.63) is 29.0 Å². The molecule has 8 nitrogen and oxygen atoms in total. The third-order valence-corrected chi connectivity index (χ3v) is 4.16. The number of nitrogens with one attached hydrogen (secondary N) is 3. The molecule has 1 aliphatic heterocycles. The number of hydrogen-bond donors (Lipinski definition) is 3. The van der Waals surface area contributed by atoms with Gasteiger partial charge in [-0.25, -0.2) is 9.78 Å². The van der Waals surface area contributed by atoms with Crippen LogP contribution >= 0.6 is 11.6 Å². The molecule has 1 aromatic carbocycles. The van der Waals surface area contributed by atoms with Crippen molar-refractivity contribution in [3.63, 3.8) is 0 Å². The molecule has 2 aromatic rings. The minimum absolute atomic E-state index is 0.302. The molecule has 1 saturated heterocycles. The second-order valence-electron chi connectivity index (χ2n) is 6.39. The van der Waals surface area contributed by atoms with Gasteiger partial charge in [0.05, 0.1) is 11.0 Å². The number of carbonyl (C=O) groups is 3. The SMILES string of the molecule is CC1(C)NC(=O)N(CC(=O)NCCc2nc3ccc(Cl)cc3[nH]2)C1=O. The lowest BCUT2D eigenvalue weighted by atomic mass is 10.1.